The summed E-state index contributed by atoms with van der Waals surface area (Å²) in [4.78, 5) is 13.8. The van der Waals surface area contributed by atoms with Gasteiger partial charge in [0.15, 0.2) is 0 Å². The van der Waals surface area contributed by atoms with Crippen molar-refractivity contribution in [1.82, 2.24) is 0 Å². The largest absolute Gasteiger partial charge is 0.421 e. The van der Waals surface area contributed by atoms with E-state index in [4.69, 9.17) is 13.6 Å². The Morgan fingerprint density at radius 3 is 1.38 bits per heavy atom. The molecule has 6 saturated carbocycles. The molecular weight excluding hydrogens is 443 g/mol. The van der Waals surface area contributed by atoms with Crippen LogP contribution in [0.3, 0.4) is 0 Å². The second-order valence-electron chi connectivity index (χ2n) is 12.8. The molecule has 0 heterocycles. The number of ketones is 1. The molecule has 184 valence electrons. The minimum absolute atomic E-state index is 0.129. The zero-order valence-electron chi connectivity index (χ0n) is 20.5. The third kappa shape index (κ3) is 3.92. The van der Waals surface area contributed by atoms with Gasteiger partial charge in [-0.25, -0.2) is 0 Å². The fraction of sp³-hybridized carbons (Fsp3) is 0.759. The average Bonchev–Trinajstić information content (AvgIpc) is 3.67. The van der Waals surface area contributed by atoms with Gasteiger partial charge >= 0.3 is 7.94 Å². The van der Waals surface area contributed by atoms with Crippen molar-refractivity contribution < 1.29 is 18.4 Å². The summed E-state index contributed by atoms with van der Waals surface area (Å²) in [5.41, 5.74) is 0.374. The second kappa shape index (κ2) is 8.10. The average molecular weight is 484 g/mol. The molecule has 1 aromatic rings. The smallest absolute Gasteiger partial charge is 0.290 e. The maximum absolute atomic E-state index is 13.8. The summed E-state index contributed by atoms with van der Waals surface area (Å²) in [6, 6.07) is 9.78. The summed E-state index contributed by atoms with van der Waals surface area (Å²) in [7, 11) is -2.88. The van der Waals surface area contributed by atoms with Gasteiger partial charge in [0.1, 0.15) is 16.8 Å². The SMILES string of the molecule is O=C(C[P+](OC12CCC(CC1)C2)(OC12CCC(CC1)C2)OC12CCC(CC1)C2)c1ccccc1. The minimum Gasteiger partial charge on any atom is -0.290 e. The predicted molar refractivity (Wildman–Crippen MR) is 134 cm³/mol. The van der Waals surface area contributed by atoms with E-state index in [1.165, 1.54) is 38.5 Å². The maximum atomic E-state index is 13.8. The lowest BCUT2D eigenvalue weighted by Gasteiger charge is -2.39. The Kier molecular flexibility index (Phi) is 5.34. The van der Waals surface area contributed by atoms with Gasteiger partial charge in [0, 0.05) is 5.56 Å². The molecule has 1 aromatic carbocycles. The quantitative estimate of drug-likeness (QED) is 0.267. The summed E-state index contributed by atoms with van der Waals surface area (Å²) in [6.45, 7) is 0. The van der Waals surface area contributed by atoms with Gasteiger partial charge < -0.3 is 0 Å². The number of hydrogen-bond donors (Lipinski definition) is 0. The van der Waals surface area contributed by atoms with E-state index in [1.807, 2.05) is 30.3 Å². The van der Waals surface area contributed by atoms with Crippen molar-refractivity contribution in [3.8, 4) is 0 Å². The van der Waals surface area contributed by atoms with Crippen molar-refractivity contribution in [2.24, 2.45) is 17.8 Å². The topological polar surface area (TPSA) is 44.8 Å². The first kappa shape index (κ1) is 22.4. The number of rotatable bonds is 9. The van der Waals surface area contributed by atoms with Gasteiger partial charge in [0.25, 0.3) is 0 Å². The van der Waals surface area contributed by atoms with Crippen molar-refractivity contribution in [2.45, 2.75) is 113 Å². The standard InChI is InChI=1S/C29H40O4P/c30-26(25-4-2-1-3-5-25)21-34(31-27-12-6-22(18-27)7-13-27,32-28-14-8-23(19-28)9-15-28)33-29-16-10-24(20-29)11-17-29/h1-5,22-24H,6-21H2/q+1. The van der Waals surface area contributed by atoms with Gasteiger partial charge in [0.05, 0.1) is 0 Å². The Hall–Kier alpha value is -0.800. The van der Waals surface area contributed by atoms with Crippen LogP contribution in [0.1, 0.15) is 107 Å². The Labute approximate surface area is 205 Å². The van der Waals surface area contributed by atoms with Gasteiger partial charge in [-0.05, 0) is 114 Å². The summed E-state index contributed by atoms with van der Waals surface area (Å²) < 4.78 is 22.0. The molecule has 6 fully saturated rings. The molecule has 0 unspecified atom stereocenters. The van der Waals surface area contributed by atoms with E-state index in [1.54, 1.807) is 0 Å². The first-order chi connectivity index (χ1) is 16.5. The van der Waals surface area contributed by atoms with Crippen molar-refractivity contribution >= 4 is 13.7 Å². The molecule has 5 heteroatoms. The first-order valence-electron chi connectivity index (χ1n) is 14.1. The molecule has 0 radical (unpaired) electrons. The normalized spacial score (nSPS) is 43.6. The monoisotopic (exact) mass is 483 g/mol. The zero-order valence-corrected chi connectivity index (χ0v) is 21.4. The van der Waals surface area contributed by atoms with Gasteiger partial charge in [-0.3, -0.25) is 4.79 Å². The van der Waals surface area contributed by atoms with Crippen LogP contribution >= 0.6 is 7.94 Å². The highest BCUT2D eigenvalue weighted by molar-refractivity contribution is 7.62. The van der Waals surface area contributed by atoms with E-state index in [0.717, 1.165) is 81.1 Å². The van der Waals surface area contributed by atoms with Crippen LogP contribution in [0.2, 0.25) is 0 Å². The lowest BCUT2D eigenvalue weighted by atomic mass is 9.98. The van der Waals surface area contributed by atoms with Crippen LogP contribution in [0.15, 0.2) is 30.3 Å². The summed E-state index contributed by atoms with van der Waals surface area (Å²) in [5.74, 6) is 2.49. The third-order valence-corrected chi connectivity index (χ3v) is 13.1. The molecule has 0 aliphatic heterocycles. The number of benzene rings is 1. The highest BCUT2D eigenvalue weighted by atomic mass is 31.2. The highest BCUT2D eigenvalue weighted by Gasteiger charge is 2.67. The maximum Gasteiger partial charge on any atom is 0.421 e. The fourth-order valence-electron chi connectivity index (χ4n) is 8.73. The van der Waals surface area contributed by atoms with Crippen LogP contribution in [0.5, 0.6) is 0 Å². The van der Waals surface area contributed by atoms with Crippen molar-refractivity contribution in [3.05, 3.63) is 35.9 Å². The number of carbonyl (C=O) groups excluding carboxylic acids is 1. The van der Waals surface area contributed by atoms with E-state index in [9.17, 15) is 4.79 Å². The first-order valence-corrected chi connectivity index (χ1v) is 15.8. The number of hydrogen-bond acceptors (Lipinski definition) is 4. The molecule has 34 heavy (non-hydrogen) atoms. The third-order valence-electron chi connectivity index (χ3n) is 10.5. The van der Waals surface area contributed by atoms with Crippen LogP contribution in [-0.4, -0.2) is 28.7 Å². The van der Waals surface area contributed by atoms with E-state index >= 15 is 0 Å². The van der Waals surface area contributed by atoms with Crippen molar-refractivity contribution in [2.75, 3.05) is 6.16 Å². The molecular formula is C29H40O4P+. The van der Waals surface area contributed by atoms with Gasteiger partial charge in [0.2, 0.25) is 11.9 Å². The molecule has 6 bridgehead atoms. The van der Waals surface area contributed by atoms with Crippen LogP contribution in [0, 0.1) is 17.8 Å². The Balaban J connectivity index is 1.27. The highest BCUT2D eigenvalue weighted by Crippen LogP contribution is 2.76. The Bertz CT molecular complexity index is 842. The molecule has 0 saturated heterocycles. The molecule has 6 aliphatic rings. The predicted octanol–water partition coefficient (Wildman–Crippen LogP) is 7.68. The van der Waals surface area contributed by atoms with Gasteiger partial charge in [-0.15, -0.1) is 0 Å². The molecule has 0 N–H and O–H groups in total. The number of Topliss-reactive ketones (excluding diaryl/α,β-unsaturated/α-hetero) is 1. The molecule has 0 aromatic heterocycles. The van der Waals surface area contributed by atoms with Crippen molar-refractivity contribution in [1.29, 1.82) is 0 Å². The lowest BCUT2D eigenvalue weighted by molar-refractivity contribution is -0.0506. The van der Waals surface area contributed by atoms with E-state index in [0.29, 0.717) is 0 Å². The zero-order chi connectivity index (χ0) is 22.9. The molecule has 0 amide bonds. The number of fused-ring (bicyclic) bond motifs is 6. The van der Waals surface area contributed by atoms with Crippen LogP contribution < -0.4 is 0 Å². The van der Waals surface area contributed by atoms with Gasteiger partial charge in [-0.2, -0.15) is 13.6 Å². The summed E-state index contributed by atoms with van der Waals surface area (Å²) in [5, 5.41) is 0. The second-order valence-corrected chi connectivity index (χ2v) is 14.9. The van der Waals surface area contributed by atoms with Gasteiger partial charge in [-0.1, -0.05) is 30.3 Å². The fourth-order valence-corrected chi connectivity index (χ4v) is 12.1. The lowest BCUT2D eigenvalue weighted by Crippen LogP contribution is -2.39. The Morgan fingerprint density at radius 1 is 0.676 bits per heavy atom. The minimum atomic E-state index is -2.88. The summed E-state index contributed by atoms with van der Waals surface area (Å²) >= 11 is 0. The van der Waals surface area contributed by atoms with E-state index in [-0.39, 0.29) is 28.7 Å². The van der Waals surface area contributed by atoms with Crippen molar-refractivity contribution in [3.63, 3.8) is 0 Å². The molecule has 7 rings (SSSR count). The van der Waals surface area contributed by atoms with Crippen LogP contribution in [0.25, 0.3) is 0 Å². The number of carbonyl (C=O) groups is 1. The molecule has 6 aliphatic carbocycles. The molecule has 4 nitrogen and oxygen atoms in total. The summed E-state index contributed by atoms with van der Waals surface area (Å²) in [6.07, 6.45) is 17.9. The molecule has 0 spiro atoms. The molecule has 0 atom stereocenters. The van der Waals surface area contributed by atoms with Crippen LogP contribution in [0.4, 0.5) is 0 Å². The Morgan fingerprint density at radius 2 is 1.06 bits per heavy atom. The van der Waals surface area contributed by atoms with E-state index in [2.05, 4.69) is 0 Å². The van der Waals surface area contributed by atoms with E-state index < -0.39 is 7.94 Å². The van der Waals surface area contributed by atoms with Crippen LogP contribution in [-0.2, 0) is 13.6 Å².